The van der Waals surface area contributed by atoms with Gasteiger partial charge in [-0.1, -0.05) is 17.4 Å². The van der Waals surface area contributed by atoms with E-state index in [1.807, 2.05) is 12.1 Å². The van der Waals surface area contributed by atoms with Gasteiger partial charge in [0.1, 0.15) is 17.8 Å². The van der Waals surface area contributed by atoms with E-state index in [2.05, 4.69) is 25.3 Å². The summed E-state index contributed by atoms with van der Waals surface area (Å²) in [5, 5.41) is 20.5. The van der Waals surface area contributed by atoms with Gasteiger partial charge < -0.3 is 0 Å². The van der Waals surface area contributed by atoms with Crippen molar-refractivity contribution in [2.45, 2.75) is 6.54 Å². The number of carbonyl (C=O) groups excluding carboxylic acids is 1. The minimum absolute atomic E-state index is 0.165. The van der Waals surface area contributed by atoms with E-state index in [1.165, 1.54) is 29.9 Å². The fourth-order valence-corrected chi connectivity index (χ4v) is 2.89. The summed E-state index contributed by atoms with van der Waals surface area (Å²) in [6.07, 6.45) is 4.31. The second-order valence-electron chi connectivity index (χ2n) is 4.75. The first-order valence-corrected chi connectivity index (χ1v) is 7.82. The number of aliphatic imine (C=N–C) groups is 1. The number of nitrogens with one attached hydrogen (secondary N) is 1. The highest BCUT2D eigenvalue weighted by atomic mass is 32.1. The van der Waals surface area contributed by atoms with Crippen LogP contribution >= 0.6 is 11.3 Å². The molecule has 0 spiro atoms. The average Bonchev–Trinajstić information content (AvgIpc) is 3.04. The fourth-order valence-electron chi connectivity index (χ4n) is 1.96. The quantitative estimate of drug-likeness (QED) is 0.721. The third kappa shape index (κ3) is 3.80. The molecule has 3 aromatic rings. The van der Waals surface area contributed by atoms with E-state index in [0.717, 1.165) is 15.8 Å². The Bertz CT molecular complexity index is 1030. The monoisotopic (exact) mass is 347 g/mol. The highest BCUT2D eigenvalue weighted by molar-refractivity contribution is 7.22. The highest BCUT2D eigenvalue weighted by Gasteiger charge is 2.11. The Kier molecular flexibility index (Phi) is 4.69. The van der Waals surface area contributed by atoms with Crippen LogP contribution in [0.1, 0.15) is 16.1 Å². The summed E-state index contributed by atoms with van der Waals surface area (Å²) >= 11 is 1.31. The molecule has 0 saturated carbocycles. The molecule has 120 valence electrons. The number of fused-ring (bicyclic) bond motifs is 1. The van der Waals surface area contributed by atoms with Gasteiger partial charge in [-0.15, -0.1) is 0 Å². The van der Waals surface area contributed by atoms with Crippen LogP contribution < -0.4 is 5.32 Å². The van der Waals surface area contributed by atoms with Gasteiger partial charge in [0.05, 0.1) is 23.0 Å². The van der Waals surface area contributed by atoms with E-state index < -0.39 is 0 Å². The first kappa shape index (κ1) is 16.2. The van der Waals surface area contributed by atoms with Crippen LogP contribution in [0, 0.1) is 22.7 Å². The Labute approximate surface area is 146 Å². The topological polar surface area (TPSA) is 128 Å². The largest absolute Gasteiger partial charge is 0.296 e. The maximum Gasteiger partial charge on any atom is 0.277 e. The number of hydrogen-bond donors (Lipinski definition) is 1. The lowest BCUT2D eigenvalue weighted by Gasteiger charge is -1.98. The number of nitriles is 2. The Balaban J connectivity index is 1.79. The minimum Gasteiger partial charge on any atom is -0.296 e. The number of aromatic nitrogens is 3. The van der Waals surface area contributed by atoms with Crippen LogP contribution in [0.3, 0.4) is 0 Å². The summed E-state index contributed by atoms with van der Waals surface area (Å²) < 4.78 is 0.859. The van der Waals surface area contributed by atoms with Crippen molar-refractivity contribution in [3.63, 3.8) is 0 Å². The number of thiazole rings is 1. The van der Waals surface area contributed by atoms with Gasteiger partial charge in [0.15, 0.2) is 5.13 Å². The molecule has 0 atom stereocenters. The molecule has 9 heteroatoms. The lowest BCUT2D eigenvalue weighted by molar-refractivity contribution is 0.102. The summed E-state index contributed by atoms with van der Waals surface area (Å²) in [4.78, 5) is 28.1. The Morgan fingerprint density at radius 1 is 1.28 bits per heavy atom. The summed E-state index contributed by atoms with van der Waals surface area (Å²) in [5.74, 6) is -0.385. The minimum atomic E-state index is -0.385. The molecule has 2 heterocycles. The standard InChI is InChI=1S/C16H9N7OS/c17-6-11(7-18)21-8-10-1-2-12-14(5-10)25-16(22-12)23-15(24)13-9-19-3-4-20-13/h1-5,9H,8H2,(H,22,23,24). The van der Waals surface area contributed by atoms with E-state index >= 15 is 0 Å². The van der Waals surface area contributed by atoms with Crippen LogP contribution in [-0.2, 0) is 6.54 Å². The van der Waals surface area contributed by atoms with E-state index in [9.17, 15) is 4.79 Å². The molecule has 3 rings (SSSR count). The lowest BCUT2D eigenvalue weighted by atomic mass is 10.2. The molecule has 1 aromatic carbocycles. The van der Waals surface area contributed by atoms with Crippen molar-refractivity contribution < 1.29 is 4.79 Å². The molecule has 1 N–H and O–H groups in total. The van der Waals surface area contributed by atoms with E-state index in [0.29, 0.717) is 5.13 Å². The summed E-state index contributed by atoms with van der Waals surface area (Å²) in [6, 6.07) is 8.91. The molecule has 0 aliphatic heterocycles. The van der Waals surface area contributed by atoms with Crippen molar-refractivity contribution in [3.05, 3.63) is 48.0 Å². The Morgan fingerprint density at radius 3 is 2.84 bits per heavy atom. The number of hydrogen-bond acceptors (Lipinski definition) is 8. The smallest absolute Gasteiger partial charge is 0.277 e. The normalized spacial score (nSPS) is 9.84. The van der Waals surface area contributed by atoms with Crippen LogP contribution in [0.15, 0.2) is 41.8 Å². The molecule has 2 aromatic heterocycles. The van der Waals surface area contributed by atoms with Gasteiger partial charge >= 0.3 is 0 Å². The number of nitrogens with zero attached hydrogens (tertiary/aromatic N) is 6. The second kappa shape index (κ2) is 7.25. The Hall–Kier alpha value is -3.69. The zero-order valence-electron chi connectivity index (χ0n) is 12.7. The van der Waals surface area contributed by atoms with Gasteiger partial charge in [0.25, 0.3) is 5.91 Å². The molecular formula is C16H9N7OS. The molecular weight excluding hydrogens is 338 g/mol. The molecule has 0 radical (unpaired) electrons. The zero-order valence-corrected chi connectivity index (χ0v) is 13.5. The molecule has 0 saturated heterocycles. The Morgan fingerprint density at radius 2 is 2.12 bits per heavy atom. The van der Waals surface area contributed by atoms with Crippen LogP contribution in [0.4, 0.5) is 5.13 Å². The molecule has 0 aliphatic rings. The maximum atomic E-state index is 12.1. The van der Waals surface area contributed by atoms with E-state index in [1.54, 1.807) is 18.2 Å². The van der Waals surface area contributed by atoms with Crippen molar-refractivity contribution in [1.82, 2.24) is 15.0 Å². The number of carbonyl (C=O) groups is 1. The lowest BCUT2D eigenvalue weighted by Crippen LogP contribution is -2.13. The predicted molar refractivity (Wildman–Crippen MR) is 92.0 cm³/mol. The van der Waals surface area contributed by atoms with Crippen LogP contribution in [-0.4, -0.2) is 26.6 Å². The summed E-state index contributed by atoms with van der Waals surface area (Å²) in [7, 11) is 0. The third-order valence-corrected chi connectivity index (χ3v) is 4.03. The van der Waals surface area contributed by atoms with Crippen molar-refractivity contribution in [2.75, 3.05) is 5.32 Å². The molecule has 0 aliphatic carbocycles. The first-order valence-electron chi connectivity index (χ1n) is 7.01. The van der Waals surface area contributed by atoms with Gasteiger partial charge in [-0.25, -0.2) is 9.97 Å². The van der Waals surface area contributed by atoms with Gasteiger partial charge in [0, 0.05) is 12.4 Å². The average molecular weight is 347 g/mol. The molecule has 1 amide bonds. The van der Waals surface area contributed by atoms with Crippen LogP contribution in [0.25, 0.3) is 10.2 Å². The number of benzene rings is 1. The third-order valence-electron chi connectivity index (χ3n) is 3.10. The van der Waals surface area contributed by atoms with Crippen molar-refractivity contribution in [2.24, 2.45) is 4.99 Å². The summed E-state index contributed by atoms with van der Waals surface area (Å²) in [5.41, 5.74) is 1.61. The van der Waals surface area contributed by atoms with Gasteiger partial charge in [-0.3, -0.25) is 20.1 Å². The van der Waals surface area contributed by atoms with E-state index in [4.69, 9.17) is 10.5 Å². The van der Waals surface area contributed by atoms with Gasteiger partial charge in [-0.2, -0.15) is 10.5 Å². The number of amides is 1. The molecule has 0 unspecified atom stereocenters. The van der Waals surface area contributed by atoms with Crippen molar-refractivity contribution in [3.8, 4) is 12.1 Å². The predicted octanol–water partition coefficient (Wildman–Crippen LogP) is 2.33. The van der Waals surface area contributed by atoms with E-state index in [-0.39, 0.29) is 23.9 Å². The fraction of sp³-hybridized carbons (Fsp3) is 0.0625. The zero-order chi connectivity index (χ0) is 17.6. The number of anilines is 1. The summed E-state index contributed by atoms with van der Waals surface area (Å²) in [6.45, 7) is 0.228. The van der Waals surface area contributed by atoms with Gasteiger partial charge in [0.2, 0.25) is 5.71 Å². The van der Waals surface area contributed by atoms with Crippen LogP contribution in [0.2, 0.25) is 0 Å². The highest BCUT2D eigenvalue weighted by Crippen LogP contribution is 2.27. The molecule has 8 nitrogen and oxygen atoms in total. The molecule has 0 fully saturated rings. The first-order chi connectivity index (χ1) is 12.2. The van der Waals surface area contributed by atoms with Crippen molar-refractivity contribution in [1.29, 1.82) is 10.5 Å². The van der Waals surface area contributed by atoms with Crippen molar-refractivity contribution >= 4 is 38.3 Å². The molecule has 25 heavy (non-hydrogen) atoms. The molecule has 0 bridgehead atoms. The maximum absolute atomic E-state index is 12.1. The number of rotatable bonds is 4. The van der Waals surface area contributed by atoms with Crippen LogP contribution in [0.5, 0.6) is 0 Å². The SMILES string of the molecule is N#CC(C#N)=NCc1ccc2nc(NC(=O)c3cnccn3)sc2c1. The second-order valence-corrected chi connectivity index (χ2v) is 5.78. The van der Waals surface area contributed by atoms with Gasteiger partial charge in [-0.05, 0) is 17.7 Å².